The number of hydrogen-bond acceptors (Lipinski definition) is 2. The van der Waals surface area contributed by atoms with Crippen molar-refractivity contribution >= 4 is 0 Å². The molecular formula is C8H16N3O2+. The number of H-pyrrole nitrogens is 2. The van der Waals surface area contributed by atoms with E-state index in [4.69, 9.17) is 5.21 Å². The first-order valence-electron chi connectivity index (χ1n) is 4.66. The average Bonchev–Trinajstić information content (AvgIpc) is 2.42. The number of aromatic amines is 2. The van der Waals surface area contributed by atoms with Gasteiger partial charge in [0.2, 0.25) is 0 Å². The first-order chi connectivity index (χ1) is 6.25. The van der Waals surface area contributed by atoms with Gasteiger partial charge in [0.15, 0.2) is 0 Å². The van der Waals surface area contributed by atoms with Crippen molar-refractivity contribution < 1.29 is 10.1 Å². The Bertz CT molecular complexity index is 303. The number of nitrogens with zero attached hydrogens (tertiary/aromatic N) is 1. The Morgan fingerprint density at radius 1 is 1.38 bits per heavy atom. The van der Waals surface area contributed by atoms with Gasteiger partial charge in [-0.1, -0.05) is 31.4 Å². The van der Waals surface area contributed by atoms with Crippen LogP contribution in [0.1, 0.15) is 38.3 Å². The Balaban J connectivity index is 2.40. The second-order valence-corrected chi connectivity index (χ2v) is 3.14. The number of unbranched alkanes of at least 4 members (excludes halogenated alkanes) is 3. The fourth-order valence-corrected chi connectivity index (χ4v) is 1.28. The van der Waals surface area contributed by atoms with Crippen molar-refractivity contribution in [1.82, 2.24) is 10.3 Å². The third-order valence-electron chi connectivity index (χ3n) is 2.06. The third kappa shape index (κ3) is 2.61. The van der Waals surface area contributed by atoms with E-state index in [1.807, 2.05) is 0 Å². The Hall–Kier alpha value is -1.26. The van der Waals surface area contributed by atoms with Crippen molar-refractivity contribution in [3.8, 4) is 0 Å². The molecule has 0 fully saturated rings. The zero-order valence-electron chi connectivity index (χ0n) is 7.84. The van der Waals surface area contributed by atoms with Crippen LogP contribution in [0.2, 0.25) is 0 Å². The molecule has 0 aliphatic heterocycles. The number of rotatable bonds is 5. The lowest BCUT2D eigenvalue weighted by atomic mass is 10.1. The zero-order chi connectivity index (χ0) is 9.68. The summed E-state index contributed by atoms with van der Waals surface area (Å²) >= 11 is 0. The first kappa shape index (κ1) is 9.83. The molecule has 0 unspecified atom stereocenters. The normalized spacial score (nSPS) is 10.5. The Morgan fingerprint density at radius 3 is 2.69 bits per heavy atom. The standard InChI is InChI=1S/C8H15N3O2/c1-2-3-4-5-6-7-8(12)9-10-11(7)13/h12-13H,2-6H2,1H3/p+1. The van der Waals surface area contributed by atoms with Crippen molar-refractivity contribution in [3.05, 3.63) is 16.0 Å². The van der Waals surface area contributed by atoms with E-state index in [1.165, 1.54) is 12.8 Å². The summed E-state index contributed by atoms with van der Waals surface area (Å²) < 4.78 is 0. The van der Waals surface area contributed by atoms with Gasteiger partial charge in [0.05, 0.1) is 0 Å². The SMILES string of the molecule is CCCCCCc1c(=O)[nH][nH][n+]1O. The summed E-state index contributed by atoms with van der Waals surface area (Å²) in [6.45, 7) is 2.13. The quantitative estimate of drug-likeness (QED) is 0.353. The largest absolute Gasteiger partial charge is 0.398 e. The molecule has 0 spiro atoms. The lowest BCUT2D eigenvalue weighted by molar-refractivity contribution is -0.953. The maximum Gasteiger partial charge on any atom is 0.398 e. The van der Waals surface area contributed by atoms with Gasteiger partial charge in [-0.15, -0.1) is 5.10 Å². The number of aromatic nitrogens is 3. The second kappa shape index (κ2) is 4.69. The molecule has 3 N–H and O–H groups in total. The average molecular weight is 186 g/mol. The summed E-state index contributed by atoms with van der Waals surface area (Å²) in [6.07, 6.45) is 5.00. The molecule has 0 aliphatic rings. The predicted molar refractivity (Wildman–Crippen MR) is 46.6 cm³/mol. The third-order valence-corrected chi connectivity index (χ3v) is 2.06. The van der Waals surface area contributed by atoms with Crippen LogP contribution in [0.25, 0.3) is 0 Å². The van der Waals surface area contributed by atoms with Gasteiger partial charge in [0.1, 0.15) is 0 Å². The van der Waals surface area contributed by atoms with Crippen LogP contribution >= 0.6 is 0 Å². The van der Waals surface area contributed by atoms with E-state index < -0.39 is 0 Å². The summed E-state index contributed by atoms with van der Waals surface area (Å²) in [5, 5.41) is 13.7. The molecular weight excluding hydrogens is 170 g/mol. The highest BCUT2D eigenvalue weighted by Gasteiger charge is 2.14. The predicted octanol–water partition coefficient (Wildman–Crippen LogP) is 0.351. The van der Waals surface area contributed by atoms with Crippen LogP contribution in [-0.2, 0) is 6.42 Å². The topological polar surface area (TPSA) is 72.8 Å². The highest BCUT2D eigenvalue weighted by molar-refractivity contribution is 4.84. The fraction of sp³-hybridized carbons (Fsp3) is 0.750. The maximum atomic E-state index is 11.0. The monoisotopic (exact) mass is 186 g/mol. The molecule has 0 bridgehead atoms. The van der Waals surface area contributed by atoms with Crippen molar-refractivity contribution in [1.29, 1.82) is 0 Å². The first-order valence-corrected chi connectivity index (χ1v) is 4.66. The highest BCUT2D eigenvalue weighted by atomic mass is 16.5. The number of nitrogens with one attached hydrogen (secondary N) is 2. The van der Waals surface area contributed by atoms with E-state index in [-0.39, 0.29) is 5.56 Å². The molecule has 0 aliphatic carbocycles. The van der Waals surface area contributed by atoms with Gasteiger partial charge in [-0.2, -0.15) is 0 Å². The maximum absolute atomic E-state index is 11.0. The molecule has 0 amide bonds. The summed E-state index contributed by atoms with van der Waals surface area (Å²) in [7, 11) is 0. The van der Waals surface area contributed by atoms with Gasteiger partial charge in [-0.25, -0.2) is 4.79 Å². The van der Waals surface area contributed by atoms with Crippen molar-refractivity contribution in [2.24, 2.45) is 0 Å². The lowest BCUT2D eigenvalue weighted by Gasteiger charge is -1.93. The van der Waals surface area contributed by atoms with Crippen molar-refractivity contribution in [2.75, 3.05) is 0 Å². The van der Waals surface area contributed by atoms with Crippen LogP contribution in [-0.4, -0.2) is 15.5 Å². The minimum absolute atomic E-state index is 0.237. The van der Waals surface area contributed by atoms with Crippen LogP contribution in [0.3, 0.4) is 0 Å². The molecule has 0 atom stereocenters. The van der Waals surface area contributed by atoms with Crippen LogP contribution < -0.4 is 10.4 Å². The zero-order valence-corrected chi connectivity index (χ0v) is 7.84. The molecule has 0 saturated heterocycles. The minimum atomic E-state index is -0.237. The Kier molecular flexibility index (Phi) is 3.54. The highest BCUT2D eigenvalue weighted by Crippen LogP contribution is 2.01. The molecule has 5 heteroatoms. The molecule has 1 aromatic rings. The fourth-order valence-electron chi connectivity index (χ4n) is 1.28. The van der Waals surface area contributed by atoms with Gasteiger partial charge in [0, 0.05) is 11.3 Å². The molecule has 13 heavy (non-hydrogen) atoms. The molecule has 5 nitrogen and oxygen atoms in total. The Morgan fingerprint density at radius 2 is 2.15 bits per heavy atom. The van der Waals surface area contributed by atoms with Crippen LogP contribution in [0.5, 0.6) is 0 Å². The number of hydrogen-bond donors (Lipinski definition) is 3. The van der Waals surface area contributed by atoms with Crippen LogP contribution in [0.15, 0.2) is 4.79 Å². The summed E-state index contributed by atoms with van der Waals surface area (Å²) in [4.78, 5) is 11.8. The van der Waals surface area contributed by atoms with Gasteiger partial charge < -0.3 is 5.21 Å². The molecule has 74 valence electrons. The smallest absolute Gasteiger partial charge is 0.331 e. The molecule has 0 radical (unpaired) electrons. The van der Waals surface area contributed by atoms with Crippen molar-refractivity contribution in [2.45, 2.75) is 39.0 Å². The Labute approximate surface area is 76.3 Å². The van der Waals surface area contributed by atoms with Crippen molar-refractivity contribution in [3.63, 3.8) is 0 Å². The summed E-state index contributed by atoms with van der Waals surface area (Å²) in [5.41, 5.74) is 0.162. The second-order valence-electron chi connectivity index (χ2n) is 3.14. The van der Waals surface area contributed by atoms with E-state index in [1.54, 1.807) is 0 Å². The van der Waals surface area contributed by atoms with Crippen LogP contribution in [0.4, 0.5) is 0 Å². The summed E-state index contributed by atoms with van der Waals surface area (Å²) in [5.74, 6) is 0. The molecule has 1 aromatic heterocycles. The van der Waals surface area contributed by atoms with Gasteiger partial charge in [-0.05, 0) is 6.42 Å². The minimum Gasteiger partial charge on any atom is -0.331 e. The van der Waals surface area contributed by atoms with Gasteiger partial charge in [0.25, 0.3) is 5.69 Å². The van der Waals surface area contributed by atoms with Gasteiger partial charge >= 0.3 is 5.56 Å². The summed E-state index contributed by atoms with van der Waals surface area (Å²) in [6, 6.07) is 0. The van der Waals surface area contributed by atoms with E-state index in [0.29, 0.717) is 12.1 Å². The lowest BCUT2D eigenvalue weighted by Crippen LogP contribution is -2.38. The molecule has 1 heterocycles. The van der Waals surface area contributed by atoms with E-state index >= 15 is 0 Å². The van der Waals surface area contributed by atoms with Gasteiger partial charge in [-0.3, -0.25) is 0 Å². The molecule has 0 aromatic carbocycles. The van der Waals surface area contributed by atoms with E-state index in [2.05, 4.69) is 17.2 Å². The molecule has 0 saturated carbocycles. The van der Waals surface area contributed by atoms with Crippen LogP contribution in [0, 0.1) is 0 Å². The molecule has 1 rings (SSSR count). The van der Waals surface area contributed by atoms with E-state index in [9.17, 15) is 4.79 Å². The van der Waals surface area contributed by atoms with E-state index in [0.717, 1.165) is 17.7 Å².